The minimum Gasteiger partial charge on any atom is -0.281 e. The molecule has 0 saturated heterocycles. The van der Waals surface area contributed by atoms with Crippen LogP contribution in [0, 0.1) is 18.3 Å². The average molecular weight is 287 g/mol. The number of hydrogen-bond acceptors (Lipinski definition) is 4. The maximum atomic E-state index is 12.1. The van der Waals surface area contributed by atoms with Gasteiger partial charge in [-0.1, -0.05) is 12.1 Å². The Hall–Kier alpha value is -2.39. The van der Waals surface area contributed by atoms with Gasteiger partial charge >= 0.3 is 0 Å². The van der Waals surface area contributed by atoms with E-state index in [0.29, 0.717) is 16.8 Å². The normalized spacial score (nSPS) is 10.8. The first kappa shape index (κ1) is 14.0. The predicted molar refractivity (Wildman–Crippen MR) is 76.4 cm³/mol. The van der Waals surface area contributed by atoms with Crippen LogP contribution in [-0.2, 0) is 15.8 Å². The Morgan fingerprint density at radius 1 is 1.25 bits per heavy atom. The molecule has 5 nitrogen and oxygen atoms in total. The average Bonchev–Trinajstić information content (AvgIpc) is 2.41. The standard InChI is InChI=1S/C14H13N3O2S/c1-11-6-7-16-9-14(11)17-20(18,19)10-13-4-2-12(8-15)3-5-13/h2-7,9,17H,10H2,1H3. The minimum absolute atomic E-state index is 0.146. The van der Waals surface area contributed by atoms with E-state index in [1.54, 1.807) is 43.5 Å². The largest absolute Gasteiger partial charge is 0.281 e. The number of pyridine rings is 1. The minimum atomic E-state index is -3.50. The van der Waals surface area contributed by atoms with Gasteiger partial charge in [-0.15, -0.1) is 0 Å². The molecule has 1 aromatic heterocycles. The van der Waals surface area contributed by atoms with E-state index in [1.165, 1.54) is 6.20 Å². The third-order valence-electron chi connectivity index (χ3n) is 2.74. The second-order valence-corrected chi connectivity index (χ2v) is 6.08. The van der Waals surface area contributed by atoms with Crippen LogP contribution in [0.15, 0.2) is 42.7 Å². The van der Waals surface area contributed by atoms with Crippen LogP contribution in [0.2, 0.25) is 0 Å². The zero-order valence-corrected chi connectivity index (χ0v) is 11.7. The summed E-state index contributed by atoms with van der Waals surface area (Å²) in [6.45, 7) is 1.81. The molecule has 1 N–H and O–H groups in total. The van der Waals surface area contributed by atoms with Crippen molar-refractivity contribution < 1.29 is 8.42 Å². The third-order valence-corrected chi connectivity index (χ3v) is 3.99. The van der Waals surface area contributed by atoms with Crippen LogP contribution in [0.25, 0.3) is 0 Å². The highest BCUT2D eigenvalue weighted by molar-refractivity contribution is 7.91. The van der Waals surface area contributed by atoms with Gasteiger partial charge in [0.2, 0.25) is 10.0 Å². The first-order valence-corrected chi connectivity index (χ1v) is 7.55. The number of benzene rings is 1. The second kappa shape index (κ2) is 5.72. The molecule has 0 atom stereocenters. The van der Waals surface area contributed by atoms with E-state index in [2.05, 4.69) is 9.71 Å². The number of nitrogens with one attached hydrogen (secondary N) is 1. The predicted octanol–water partition coefficient (Wildman–Crippen LogP) is 2.20. The topological polar surface area (TPSA) is 82.8 Å². The highest BCUT2D eigenvalue weighted by Crippen LogP contribution is 2.16. The molecule has 0 aliphatic carbocycles. The van der Waals surface area contributed by atoms with E-state index in [1.807, 2.05) is 6.07 Å². The van der Waals surface area contributed by atoms with E-state index < -0.39 is 10.0 Å². The number of anilines is 1. The molecule has 1 aromatic carbocycles. The van der Waals surface area contributed by atoms with Gasteiger partial charge in [-0.3, -0.25) is 9.71 Å². The zero-order chi connectivity index (χ0) is 14.6. The lowest BCUT2D eigenvalue weighted by Gasteiger charge is -2.09. The van der Waals surface area contributed by atoms with Gasteiger partial charge in [0.05, 0.1) is 29.3 Å². The fourth-order valence-electron chi connectivity index (χ4n) is 1.67. The van der Waals surface area contributed by atoms with Gasteiger partial charge in [-0.05, 0) is 36.2 Å². The smallest absolute Gasteiger partial charge is 0.236 e. The summed E-state index contributed by atoms with van der Waals surface area (Å²) in [4.78, 5) is 3.90. The van der Waals surface area contributed by atoms with Gasteiger partial charge in [0.1, 0.15) is 0 Å². The van der Waals surface area contributed by atoms with Crippen molar-refractivity contribution in [1.82, 2.24) is 4.98 Å². The van der Waals surface area contributed by atoms with Gasteiger partial charge in [0.15, 0.2) is 0 Å². The molecule has 2 aromatic rings. The van der Waals surface area contributed by atoms with Crippen molar-refractivity contribution in [3.05, 3.63) is 59.4 Å². The van der Waals surface area contributed by atoms with Gasteiger partial charge in [-0.2, -0.15) is 5.26 Å². The van der Waals surface area contributed by atoms with Gasteiger partial charge in [-0.25, -0.2) is 8.42 Å². The molecule has 1 heterocycles. The summed E-state index contributed by atoms with van der Waals surface area (Å²) in [5.74, 6) is -0.146. The second-order valence-electron chi connectivity index (χ2n) is 4.36. The van der Waals surface area contributed by atoms with Crippen LogP contribution < -0.4 is 4.72 Å². The zero-order valence-electron chi connectivity index (χ0n) is 10.9. The monoisotopic (exact) mass is 287 g/mol. The Balaban J connectivity index is 2.15. The molecule has 0 aliphatic rings. The first-order chi connectivity index (χ1) is 9.50. The Kier molecular flexibility index (Phi) is 4.01. The Morgan fingerprint density at radius 3 is 2.55 bits per heavy atom. The highest BCUT2D eigenvalue weighted by Gasteiger charge is 2.13. The maximum absolute atomic E-state index is 12.1. The van der Waals surface area contributed by atoms with Crippen LogP contribution >= 0.6 is 0 Å². The molecule has 2 rings (SSSR count). The van der Waals surface area contributed by atoms with Crippen molar-refractivity contribution in [2.45, 2.75) is 12.7 Å². The summed E-state index contributed by atoms with van der Waals surface area (Å²) < 4.78 is 26.7. The lowest BCUT2D eigenvalue weighted by atomic mass is 10.2. The molecule has 102 valence electrons. The number of rotatable bonds is 4. The van der Waals surface area contributed by atoms with Crippen molar-refractivity contribution in [2.24, 2.45) is 0 Å². The third kappa shape index (κ3) is 3.56. The summed E-state index contributed by atoms with van der Waals surface area (Å²) in [7, 11) is -3.50. The quantitative estimate of drug-likeness (QED) is 0.934. The van der Waals surface area contributed by atoms with Crippen molar-refractivity contribution in [3.63, 3.8) is 0 Å². The number of nitrogens with zero attached hydrogens (tertiary/aromatic N) is 2. The van der Waals surface area contributed by atoms with Crippen LogP contribution in [0.5, 0.6) is 0 Å². The number of hydrogen-bond donors (Lipinski definition) is 1. The highest BCUT2D eigenvalue weighted by atomic mass is 32.2. The number of sulfonamides is 1. The van der Waals surface area contributed by atoms with E-state index >= 15 is 0 Å². The molecule has 0 unspecified atom stereocenters. The van der Waals surface area contributed by atoms with E-state index in [0.717, 1.165) is 5.56 Å². The van der Waals surface area contributed by atoms with Crippen molar-refractivity contribution >= 4 is 15.7 Å². The number of nitriles is 1. The molecule has 6 heteroatoms. The van der Waals surface area contributed by atoms with Crippen LogP contribution in [0.1, 0.15) is 16.7 Å². The first-order valence-electron chi connectivity index (χ1n) is 5.90. The van der Waals surface area contributed by atoms with Crippen LogP contribution in [0.4, 0.5) is 5.69 Å². The fourth-order valence-corrected chi connectivity index (χ4v) is 2.92. The molecular weight excluding hydrogens is 274 g/mol. The number of aryl methyl sites for hydroxylation is 1. The fraction of sp³-hybridized carbons (Fsp3) is 0.143. The summed E-state index contributed by atoms with van der Waals surface area (Å²) in [5.41, 5.74) is 2.41. The van der Waals surface area contributed by atoms with Gasteiger partial charge < -0.3 is 0 Å². The van der Waals surface area contributed by atoms with Crippen LogP contribution in [-0.4, -0.2) is 13.4 Å². The van der Waals surface area contributed by atoms with Gasteiger partial charge in [0.25, 0.3) is 0 Å². The molecular formula is C14H13N3O2S. The Bertz CT molecular complexity index is 747. The molecule has 0 aliphatic heterocycles. The summed E-state index contributed by atoms with van der Waals surface area (Å²) in [6, 6.07) is 10.2. The molecule has 0 fully saturated rings. The van der Waals surface area contributed by atoms with E-state index in [-0.39, 0.29) is 5.75 Å². The lowest BCUT2D eigenvalue weighted by molar-refractivity contribution is 0.600. The van der Waals surface area contributed by atoms with E-state index in [9.17, 15) is 8.42 Å². The lowest BCUT2D eigenvalue weighted by Crippen LogP contribution is -2.15. The molecule has 0 saturated carbocycles. The molecule has 0 amide bonds. The van der Waals surface area contributed by atoms with E-state index in [4.69, 9.17) is 5.26 Å². The van der Waals surface area contributed by atoms with Crippen molar-refractivity contribution in [3.8, 4) is 6.07 Å². The van der Waals surface area contributed by atoms with Crippen LogP contribution in [0.3, 0.4) is 0 Å². The molecule has 20 heavy (non-hydrogen) atoms. The Labute approximate surface area is 118 Å². The molecule has 0 radical (unpaired) electrons. The maximum Gasteiger partial charge on any atom is 0.236 e. The van der Waals surface area contributed by atoms with Crippen molar-refractivity contribution in [2.75, 3.05) is 4.72 Å². The summed E-state index contributed by atoms with van der Waals surface area (Å²) in [6.07, 6.45) is 3.08. The molecule has 0 spiro atoms. The Morgan fingerprint density at radius 2 is 1.95 bits per heavy atom. The summed E-state index contributed by atoms with van der Waals surface area (Å²) >= 11 is 0. The van der Waals surface area contributed by atoms with Gasteiger partial charge in [0, 0.05) is 6.20 Å². The van der Waals surface area contributed by atoms with Crippen molar-refractivity contribution in [1.29, 1.82) is 5.26 Å². The number of aromatic nitrogens is 1. The molecule has 0 bridgehead atoms. The summed E-state index contributed by atoms with van der Waals surface area (Å²) in [5, 5.41) is 8.70. The SMILES string of the molecule is Cc1ccncc1NS(=O)(=O)Cc1ccc(C#N)cc1.